The first kappa shape index (κ1) is 13.9. The first-order chi connectivity index (χ1) is 8.83. The Labute approximate surface area is 115 Å². The Balaban J connectivity index is 1.90. The fraction of sp³-hybridized carbons (Fsp3) is 0.600. The molecule has 1 aromatic rings. The summed E-state index contributed by atoms with van der Waals surface area (Å²) in [5.41, 5.74) is 7.49. The molecule has 0 saturated carbocycles. The topological polar surface area (TPSA) is 38.0 Å². The van der Waals surface area contributed by atoms with Gasteiger partial charge in [-0.3, -0.25) is 11.3 Å². The van der Waals surface area contributed by atoms with E-state index in [-0.39, 0.29) is 0 Å². The van der Waals surface area contributed by atoms with Crippen LogP contribution in [0.15, 0.2) is 18.2 Å². The van der Waals surface area contributed by atoms with Gasteiger partial charge in [0.25, 0.3) is 0 Å². The molecule has 3 N–H and O–H groups in total. The summed E-state index contributed by atoms with van der Waals surface area (Å²) in [6.07, 6.45) is 6.13. The molecular weight excluding hydrogens is 240 g/mol. The van der Waals surface area contributed by atoms with Crippen molar-refractivity contribution in [3.8, 4) is 0 Å². The van der Waals surface area contributed by atoms with Crippen molar-refractivity contribution in [3.05, 3.63) is 34.9 Å². The Morgan fingerprint density at radius 2 is 2.17 bits per heavy atom. The molecule has 0 radical (unpaired) electrons. The number of nitrogens with one attached hydrogen (secondary N) is 1. The molecule has 0 spiro atoms. The lowest BCUT2D eigenvalue weighted by Crippen LogP contribution is -2.38. The maximum atomic E-state index is 5.65. The van der Waals surface area contributed by atoms with Gasteiger partial charge in [0, 0.05) is 11.8 Å². The van der Waals surface area contributed by atoms with E-state index >= 15 is 0 Å². The summed E-state index contributed by atoms with van der Waals surface area (Å²) in [5.74, 6) is 7.98. The highest BCUT2D eigenvalue weighted by Gasteiger charge is 2.13. The minimum atomic E-state index is 0.390. The van der Waals surface area contributed by atoms with E-state index in [1.807, 2.05) is 11.8 Å². The Morgan fingerprint density at radius 1 is 1.33 bits per heavy atom. The van der Waals surface area contributed by atoms with Crippen LogP contribution in [0.5, 0.6) is 0 Å². The SMILES string of the molecule is CCCSCC(Cc1ccc2c(c1)CCC2)NN. The number of hydrazine groups is 1. The van der Waals surface area contributed by atoms with Gasteiger partial charge in [-0.05, 0) is 54.5 Å². The molecule has 0 aliphatic heterocycles. The van der Waals surface area contributed by atoms with Crippen LogP contribution in [0, 0.1) is 0 Å². The number of thioether (sulfide) groups is 1. The van der Waals surface area contributed by atoms with Crippen LogP contribution in [0.4, 0.5) is 0 Å². The Bertz CT molecular complexity index is 379. The molecule has 0 aromatic heterocycles. The summed E-state index contributed by atoms with van der Waals surface area (Å²) < 4.78 is 0. The molecule has 100 valence electrons. The van der Waals surface area contributed by atoms with E-state index < -0.39 is 0 Å². The molecule has 2 nitrogen and oxygen atoms in total. The molecule has 0 amide bonds. The number of nitrogens with two attached hydrogens (primary N) is 1. The second-order valence-electron chi connectivity index (χ2n) is 5.10. The summed E-state index contributed by atoms with van der Waals surface area (Å²) in [7, 11) is 0. The van der Waals surface area contributed by atoms with E-state index in [4.69, 9.17) is 5.84 Å². The highest BCUT2D eigenvalue weighted by Crippen LogP contribution is 2.23. The lowest BCUT2D eigenvalue weighted by Gasteiger charge is -2.16. The predicted octanol–water partition coefficient (Wildman–Crippen LogP) is 2.69. The monoisotopic (exact) mass is 264 g/mol. The molecule has 1 atom stereocenters. The van der Waals surface area contributed by atoms with Crippen LogP contribution in [-0.4, -0.2) is 17.5 Å². The fourth-order valence-corrected chi connectivity index (χ4v) is 3.53. The van der Waals surface area contributed by atoms with E-state index in [1.165, 1.54) is 37.0 Å². The summed E-state index contributed by atoms with van der Waals surface area (Å²) in [6, 6.07) is 7.36. The largest absolute Gasteiger partial charge is 0.271 e. The average molecular weight is 264 g/mol. The zero-order valence-electron chi connectivity index (χ0n) is 11.2. The average Bonchev–Trinajstić information content (AvgIpc) is 2.85. The Morgan fingerprint density at radius 3 is 2.94 bits per heavy atom. The Kier molecular flexibility index (Phi) is 5.54. The normalized spacial score (nSPS) is 15.7. The second kappa shape index (κ2) is 7.17. The Hall–Kier alpha value is -0.510. The molecule has 0 fully saturated rings. The summed E-state index contributed by atoms with van der Waals surface area (Å²) >= 11 is 1.99. The first-order valence-electron chi connectivity index (χ1n) is 6.98. The number of aryl methyl sites for hydroxylation is 2. The van der Waals surface area contributed by atoms with Gasteiger partial charge in [0.1, 0.15) is 0 Å². The van der Waals surface area contributed by atoms with Crippen molar-refractivity contribution in [1.82, 2.24) is 5.43 Å². The lowest BCUT2D eigenvalue weighted by atomic mass is 10.0. The van der Waals surface area contributed by atoms with Gasteiger partial charge in [-0.15, -0.1) is 0 Å². The molecule has 18 heavy (non-hydrogen) atoms. The third kappa shape index (κ3) is 3.74. The molecule has 3 heteroatoms. The zero-order valence-corrected chi connectivity index (χ0v) is 12.1. The number of benzene rings is 1. The van der Waals surface area contributed by atoms with Crippen LogP contribution < -0.4 is 11.3 Å². The van der Waals surface area contributed by atoms with Crippen LogP contribution >= 0.6 is 11.8 Å². The van der Waals surface area contributed by atoms with Crippen molar-refractivity contribution < 1.29 is 0 Å². The van der Waals surface area contributed by atoms with Gasteiger partial charge in [0.15, 0.2) is 0 Å². The van der Waals surface area contributed by atoms with Crippen LogP contribution in [0.1, 0.15) is 36.5 Å². The third-order valence-corrected chi connectivity index (χ3v) is 4.88. The first-order valence-corrected chi connectivity index (χ1v) is 8.13. The van der Waals surface area contributed by atoms with Crippen LogP contribution in [0.3, 0.4) is 0 Å². The van der Waals surface area contributed by atoms with Gasteiger partial charge in [-0.25, -0.2) is 0 Å². The fourth-order valence-electron chi connectivity index (χ4n) is 2.57. The van der Waals surface area contributed by atoms with Gasteiger partial charge < -0.3 is 0 Å². The van der Waals surface area contributed by atoms with Crippen molar-refractivity contribution >= 4 is 11.8 Å². The summed E-state index contributed by atoms with van der Waals surface area (Å²) in [6.45, 7) is 2.22. The maximum Gasteiger partial charge on any atom is 0.0341 e. The highest BCUT2D eigenvalue weighted by molar-refractivity contribution is 7.99. The van der Waals surface area contributed by atoms with Crippen molar-refractivity contribution in [2.75, 3.05) is 11.5 Å². The zero-order chi connectivity index (χ0) is 12.8. The maximum absolute atomic E-state index is 5.65. The number of hydrogen-bond donors (Lipinski definition) is 2. The van der Waals surface area contributed by atoms with Crippen molar-refractivity contribution in [1.29, 1.82) is 0 Å². The molecule has 2 rings (SSSR count). The van der Waals surface area contributed by atoms with E-state index in [1.54, 1.807) is 11.1 Å². The molecule has 0 heterocycles. The minimum absolute atomic E-state index is 0.390. The van der Waals surface area contributed by atoms with Crippen molar-refractivity contribution in [2.24, 2.45) is 5.84 Å². The molecule has 1 aromatic carbocycles. The van der Waals surface area contributed by atoms with Gasteiger partial charge in [0.2, 0.25) is 0 Å². The smallest absolute Gasteiger partial charge is 0.0341 e. The predicted molar refractivity (Wildman–Crippen MR) is 80.9 cm³/mol. The molecule has 1 aliphatic carbocycles. The van der Waals surface area contributed by atoms with Crippen molar-refractivity contribution in [2.45, 2.75) is 45.1 Å². The third-order valence-electron chi connectivity index (χ3n) is 3.55. The summed E-state index contributed by atoms with van der Waals surface area (Å²) in [4.78, 5) is 0. The van der Waals surface area contributed by atoms with Crippen LogP contribution in [0.2, 0.25) is 0 Å². The summed E-state index contributed by atoms with van der Waals surface area (Å²) in [5, 5.41) is 0. The number of hydrogen-bond acceptors (Lipinski definition) is 3. The van der Waals surface area contributed by atoms with E-state index in [0.717, 1.165) is 12.2 Å². The van der Waals surface area contributed by atoms with Gasteiger partial charge in [-0.1, -0.05) is 25.1 Å². The molecule has 0 bridgehead atoms. The lowest BCUT2D eigenvalue weighted by molar-refractivity contribution is 0.575. The molecule has 1 aliphatic rings. The molecular formula is C15H24N2S. The van der Waals surface area contributed by atoms with E-state index in [9.17, 15) is 0 Å². The molecule has 0 saturated heterocycles. The van der Waals surface area contributed by atoms with Gasteiger partial charge >= 0.3 is 0 Å². The van der Waals surface area contributed by atoms with Crippen LogP contribution in [-0.2, 0) is 19.3 Å². The van der Waals surface area contributed by atoms with Crippen molar-refractivity contribution in [3.63, 3.8) is 0 Å². The van der Waals surface area contributed by atoms with Crippen LogP contribution in [0.25, 0.3) is 0 Å². The van der Waals surface area contributed by atoms with E-state index in [0.29, 0.717) is 6.04 Å². The number of rotatable bonds is 7. The second-order valence-corrected chi connectivity index (χ2v) is 6.25. The number of fused-ring (bicyclic) bond motifs is 1. The standard InChI is InChI=1S/C15H24N2S/c1-2-8-18-11-15(17-16)10-12-6-7-13-4-3-5-14(13)9-12/h6-7,9,15,17H,2-5,8,10-11,16H2,1H3. The van der Waals surface area contributed by atoms with Gasteiger partial charge in [0.05, 0.1) is 0 Å². The minimum Gasteiger partial charge on any atom is -0.271 e. The molecule has 1 unspecified atom stereocenters. The van der Waals surface area contributed by atoms with Gasteiger partial charge in [-0.2, -0.15) is 11.8 Å². The highest BCUT2D eigenvalue weighted by atomic mass is 32.2. The quantitative estimate of drug-likeness (QED) is 0.452. The van der Waals surface area contributed by atoms with E-state index in [2.05, 4.69) is 30.5 Å².